The van der Waals surface area contributed by atoms with E-state index in [2.05, 4.69) is 48.4 Å². The molecule has 1 N–H and O–H groups in total. The summed E-state index contributed by atoms with van der Waals surface area (Å²) in [6, 6.07) is 14.7. The smallest absolute Gasteiger partial charge is 0.254 e. The zero-order valence-corrected chi connectivity index (χ0v) is 17.5. The average Bonchev–Trinajstić information content (AvgIpc) is 3.43. The molecule has 2 atom stereocenters. The van der Waals surface area contributed by atoms with E-state index >= 15 is 0 Å². The van der Waals surface area contributed by atoms with E-state index in [-0.39, 0.29) is 18.1 Å². The molecule has 30 heavy (non-hydrogen) atoms. The highest BCUT2D eigenvalue weighted by Gasteiger charge is 2.38. The van der Waals surface area contributed by atoms with Gasteiger partial charge in [-0.3, -0.25) is 9.48 Å². The highest BCUT2D eigenvalue weighted by molar-refractivity contribution is 5.99. The molecule has 3 aromatic rings. The van der Waals surface area contributed by atoms with Crippen LogP contribution in [0.2, 0.25) is 0 Å². The molecule has 1 aromatic heterocycles. The Morgan fingerprint density at radius 1 is 1.13 bits per heavy atom. The second-order valence-corrected chi connectivity index (χ2v) is 8.68. The lowest BCUT2D eigenvalue weighted by Crippen LogP contribution is -2.40. The van der Waals surface area contributed by atoms with Gasteiger partial charge in [-0.25, -0.2) is 0 Å². The summed E-state index contributed by atoms with van der Waals surface area (Å²) in [7, 11) is 1.92. The Morgan fingerprint density at radius 3 is 2.60 bits per heavy atom. The van der Waals surface area contributed by atoms with Gasteiger partial charge in [0, 0.05) is 30.9 Å². The van der Waals surface area contributed by atoms with Crippen molar-refractivity contribution in [1.29, 1.82) is 0 Å². The number of fused-ring (bicyclic) bond motifs is 1. The van der Waals surface area contributed by atoms with Crippen LogP contribution in [-0.2, 0) is 20.0 Å². The maximum absolute atomic E-state index is 13.1. The standard InChI is InChI=1S/C25H27N3O2/c1-16-12-20-15-28(23-4-3-5-24(23)29)25(30)21(20)14-19(16)13-17-6-8-18(9-7-17)22-10-11-27(2)26-22/h6-12,14,23-24,29H,3-5,13,15H2,1-2H3/t23-,24-/m1/s1. The Balaban J connectivity index is 1.37. The lowest BCUT2D eigenvalue weighted by Gasteiger charge is -2.26. The summed E-state index contributed by atoms with van der Waals surface area (Å²) < 4.78 is 1.81. The Morgan fingerprint density at radius 2 is 1.93 bits per heavy atom. The first kappa shape index (κ1) is 19.1. The molecule has 2 aliphatic rings. The molecule has 5 rings (SSSR count). The summed E-state index contributed by atoms with van der Waals surface area (Å²) in [6.45, 7) is 2.74. The van der Waals surface area contributed by atoms with Gasteiger partial charge in [-0.1, -0.05) is 30.3 Å². The van der Waals surface area contributed by atoms with Gasteiger partial charge in [0.1, 0.15) is 0 Å². The predicted molar refractivity (Wildman–Crippen MR) is 116 cm³/mol. The van der Waals surface area contributed by atoms with Gasteiger partial charge in [-0.15, -0.1) is 0 Å². The zero-order valence-electron chi connectivity index (χ0n) is 17.5. The summed E-state index contributed by atoms with van der Waals surface area (Å²) in [5.41, 5.74) is 7.58. The van der Waals surface area contributed by atoms with Crippen molar-refractivity contribution in [1.82, 2.24) is 14.7 Å². The van der Waals surface area contributed by atoms with E-state index in [9.17, 15) is 9.90 Å². The van der Waals surface area contributed by atoms with E-state index in [1.54, 1.807) is 0 Å². The Hall–Kier alpha value is -2.92. The average molecular weight is 402 g/mol. The van der Waals surface area contributed by atoms with Gasteiger partial charge in [0.25, 0.3) is 5.91 Å². The minimum absolute atomic E-state index is 0.0344. The van der Waals surface area contributed by atoms with Crippen molar-refractivity contribution in [2.75, 3.05) is 0 Å². The van der Waals surface area contributed by atoms with Gasteiger partial charge >= 0.3 is 0 Å². The number of aromatic nitrogens is 2. The third-order valence-electron chi connectivity index (χ3n) is 6.60. The number of carbonyl (C=O) groups is 1. The first-order valence-electron chi connectivity index (χ1n) is 10.7. The van der Waals surface area contributed by atoms with Crippen LogP contribution in [0.4, 0.5) is 0 Å². The first-order chi connectivity index (χ1) is 14.5. The van der Waals surface area contributed by atoms with Crippen LogP contribution in [0.3, 0.4) is 0 Å². The summed E-state index contributed by atoms with van der Waals surface area (Å²) in [5.74, 6) is 0.0719. The maximum atomic E-state index is 13.1. The van der Waals surface area contributed by atoms with Crippen molar-refractivity contribution >= 4 is 5.91 Å². The van der Waals surface area contributed by atoms with Crippen molar-refractivity contribution < 1.29 is 9.90 Å². The summed E-state index contributed by atoms with van der Waals surface area (Å²) >= 11 is 0. The monoisotopic (exact) mass is 401 g/mol. The second kappa shape index (κ2) is 7.40. The first-order valence-corrected chi connectivity index (χ1v) is 10.7. The van der Waals surface area contributed by atoms with Gasteiger partial charge in [-0.05, 0) is 67.0 Å². The quantitative estimate of drug-likeness (QED) is 0.722. The molecule has 2 aromatic carbocycles. The van der Waals surface area contributed by atoms with Crippen LogP contribution in [0, 0.1) is 6.92 Å². The molecular formula is C25H27N3O2. The van der Waals surface area contributed by atoms with Gasteiger partial charge in [0.2, 0.25) is 0 Å². The Kier molecular flexibility index (Phi) is 4.70. The van der Waals surface area contributed by atoms with Crippen LogP contribution in [0.5, 0.6) is 0 Å². The lowest BCUT2D eigenvalue weighted by atomic mass is 9.95. The van der Waals surface area contributed by atoms with Crippen LogP contribution < -0.4 is 0 Å². The summed E-state index contributed by atoms with van der Waals surface area (Å²) in [4.78, 5) is 14.9. The molecule has 1 aliphatic heterocycles. The molecule has 0 radical (unpaired) electrons. The molecule has 0 spiro atoms. The number of nitrogens with zero attached hydrogens (tertiary/aromatic N) is 3. The molecule has 2 heterocycles. The molecule has 1 amide bonds. The van der Waals surface area contributed by atoms with E-state index < -0.39 is 0 Å². The molecular weight excluding hydrogens is 374 g/mol. The van der Waals surface area contributed by atoms with Crippen molar-refractivity contribution in [2.45, 2.75) is 51.3 Å². The second-order valence-electron chi connectivity index (χ2n) is 8.68. The van der Waals surface area contributed by atoms with Crippen LogP contribution in [0.15, 0.2) is 48.7 Å². The zero-order chi connectivity index (χ0) is 20.8. The molecule has 0 saturated heterocycles. The number of hydrogen-bond donors (Lipinski definition) is 1. The third-order valence-corrected chi connectivity index (χ3v) is 6.60. The van der Waals surface area contributed by atoms with Crippen molar-refractivity contribution in [3.05, 3.63) is 76.5 Å². The van der Waals surface area contributed by atoms with E-state index in [0.29, 0.717) is 6.54 Å². The normalized spacial score (nSPS) is 20.8. The minimum Gasteiger partial charge on any atom is -0.391 e. The lowest BCUT2D eigenvalue weighted by molar-refractivity contribution is 0.0479. The molecule has 1 aliphatic carbocycles. The van der Waals surface area contributed by atoms with Crippen LogP contribution in [0.1, 0.15) is 51.9 Å². The summed E-state index contributed by atoms with van der Waals surface area (Å²) in [5, 5.41) is 14.7. The van der Waals surface area contributed by atoms with Crippen molar-refractivity contribution in [3.63, 3.8) is 0 Å². The number of hydrogen-bond acceptors (Lipinski definition) is 3. The molecule has 1 fully saturated rings. The number of aliphatic hydroxyl groups excluding tert-OH is 1. The number of aliphatic hydroxyl groups is 1. The fraction of sp³-hybridized carbons (Fsp3) is 0.360. The van der Waals surface area contributed by atoms with E-state index in [4.69, 9.17) is 0 Å². The minimum atomic E-state index is -0.388. The molecule has 0 bridgehead atoms. The van der Waals surface area contributed by atoms with Crippen LogP contribution in [0.25, 0.3) is 11.3 Å². The topological polar surface area (TPSA) is 58.4 Å². The van der Waals surface area contributed by atoms with E-state index in [1.807, 2.05) is 28.9 Å². The third kappa shape index (κ3) is 3.33. The number of benzene rings is 2. The van der Waals surface area contributed by atoms with Crippen molar-refractivity contribution in [3.8, 4) is 11.3 Å². The number of amides is 1. The van der Waals surface area contributed by atoms with Gasteiger partial charge in [0.15, 0.2) is 0 Å². The maximum Gasteiger partial charge on any atom is 0.254 e. The van der Waals surface area contributed by atoms with Gasteiger partial charge < -0.3 is 10.0 Å². The Bertz CT molecular complexity index is 1100. The highest BCUT2D eigenvalue weighted by atomic mass is 16.3. The molecule has 1 saturated carbocycles. The highest BCUT2D eigenvalue weighted by Crippen LogP contribution is 2.33. The predicted octanol–water partition coefficient (Wildman–Crippen LogP) is 3.86. The number of aryl methyl sites for hydroxylation is 2. The van der Waals surface area contributed by atoms with E-state index in [0.717, 1.165) is 48.1 Å². The van der Waals surface area contributed by atoms with Gasteiger partial charge in [-0.2, -0.15) is 5.10 Å². The summed E-state index contributed by atoms with van der Waals surface area (Å²) in [6.07, 6.45) is 5.04. The van der Waals surface area contributed by atoms with E-state index in [1.165, 1.54) is 16.7 Å². The number of carbonyl (C=O) groups excluding carboxylic acids is 1. The number of rotatable bonds is 4. The fourth-order valence-corrected chi connectivity index (χ4v) is 4.88. The molecule has 5 heteroatoms. The SMILES string of the molecule is Cc1cc2c(cc1Cc1ccc(-c3ccn(C)n3)cc1)C(=O)N([C@@H]1CCC[C@H]1O)C2. The van der Waals surface area contributed by atoms with Crippen molar-refractivity contribution in [2.24, 2.45) is 7.05 Å². The van der Waals surface area contributed by atoms with Gasteiger partial charge in [0.05, 0.1) is 17.8 Å². The Labute approximate surface area is 177 Å². The largest absolute Gasteiger partial charge is 0.391 e. The molecule has 154 valence electrons. The molecule has 5 nitrogen and oxygen atoms in total. The van der Waals surface area contributed by atoms with Crippen LogP contribution >= 0.6 is 0 Å². The fourth-order valence-electron chi connectivity index (χ4n) is 4.88. The molecule has 0 unspecified atom stereocenters. The van der Waals surface area contributed by atoms with Crippen LogP contribution in [-0.4, -0.2) is 37.8 Å².